The monoisotopic (exact) mass is 420 g/mol. The summed E-state index contributed by atoms with van der Waals surface area (Å²) in [4.78, 5) is 12.6. The van der Waals surface area contributed by atoms with Gasteiger partial charge in [-0.15, -0.1) is 10.2 Å². The normalized spacial score (nSPS) is 15.2. The molecule has 7 heteroatoms. The van der Waals surface area contributed by atoms with Gasteiger partial charge in [0, 0.05) is 12.1 Å². The molecule has 0 saturated carbocycles. The van der Waals surface area contributed by atoms with Gasteiger partial charge in [-0.05, 0) is 79.1 Å². The van der Waals surface area contributed by atoms with E-state index in [-0.39, 0.29) is 5.91 Å². The number of aromatic nitrogens is 2. The SMILES string of the molecule is O=C(Nc1nnc(COc2cccc3c2CCCC3)s1)c1ccc2c(c1)CCNC2. The van der Waals surface area contributed by atoms with E-state index in [1.54, 1.807) is 0 Å². The smallest absolute Gasteiger partial charge is 0.257 e. The zero-order valence-corrected chi connectivity index (χ0v) is 17.6. The number of benzene rings is 2. The van der Waals surface area contributed by atoms with Crippen molar-refractivity contribution in [3.63, 3.8) is 0 Å². The van der Waals surface area contributed by atoms with Crippen LogP contribution in [0.25, 0.3) is 0 Å². The predicted molar refractivity (Wildman–Crippen MR) is 117 cm³/mol. The topological polar surface area (TPSA) is 76.1 Å². The van der Waals surface area contributed by atoms with Crippen LogP contribution in [0, 0.1) is 0 Å². The van der Waals surface area contributed by atoms with Crippen molar-refractivity contribution in [3.05, 3.63) is 69.2 Å². The summed E-state index contributed by atoms with van der Waals surface area (Å²) in [5.41, 5.74) is 5.86. The van der Waals surface area contributed by atoms with E-state index in [0.717, 1.165) is 43.1 Å². The van der Waals surface area contributed by atoms with Gasteiger partial charge in [-0.25, -0.2) is 0 Å². The Bertz CT molecular complexity index is 1080. The standard InChI is InChI=1S/C23H24N4O2S/c28-22(17-8-9-18-13-24-11-10-16(18)12-17)25-23-27-26-21(30-23)14-29-20-7-3-5-15-4-1-2-6-19(15)20/h3,5,7-9,12,24H,1-2,4,6,10-11,13-14H2,(H,25,27,28). The molecule has 1 aliphatic heterocycles. The molecule has 2 N–H and O–H groups in total. The molecule has 5 rings (SSSR count). The van der Waals surface area contributed by atoms with Crippen LogP contribution in [0.5, 0.6) is 5.75 Å². The molecule has 1 amide bonds. The molecule has 3 aromatic rings. The second-order valence-corrected chi connectivity index (χ2v) is 8.82. The first-order valence-electron chi connectivity index (χ1n) is 10.5. The van der Waals surface area contributed by atoms with Crippen molar-refractivity contribution in [3.8, 4) is 5.75 Å². The number of ether oxygens (including phenoxy) is 1. The lowest BCUT2D eigenvalue weighted by Gasteiger charge is -2.19. The second kappa shape index (κ2) is 8.53. The number of aryl methyl sites for hydroxylation is 1. The number of hydrogen-bond donors (Lipinski definition) is 2. The van der Waals surface area contributed by atoms with Gasteiger partial charge in [-0.3, -0.25) is 10.1 Å². The molecular formula is C23H24N4O2S. The molecule has 154 valence electrons. The van der Waals surface area contributed by atoms with Crippen molar-refractivity contribution in [2.75, 3.05) is 11.9 Å². The van der Waals surface area contributed by atoms with E-state index in [1.807, 2.05) is 24.3 Å². The lowest BCUT2D eigenvalue weighted by atomic mass is 9.91. The van der Waals surface area contributed by atoms with Crippen LogP contribution in [0.1, 0.15) is 50.5 Å². The molecule has 1 aromatic heterocycles. The van der Waals surface area contributed by atoms with Gasteiger partial charge in [0.1, 0.15) is 12.4 Å². The molecular weight excluding hydrogens is 396 g/mol. The van der Waals surface area contributed by atoms with Gasteiger partial charge < -0.3 is 10.1 Å². The lowest BCUT2D eigenvalue weighted by Crippen LogP contribution is -2.24. The Kier molecular flexibility index (Phi) is 5.46. The number of rotatable bonds is 5. The summed E-state index contributed by atoms with van der Waals surface area (Å²) in [5.74, 6) is 0.786. The average molecular weight is 421 g/mol. The van der Waals surface area contributed by atoms with Gasteiger partial charge in [0.25, 0.3) is 5.91 Å². The van der Waals surface area contributed by atoms with Crippen LogP contribution in [0.15, 0.2) is 36.4 Å². The van der Waals surface area contributed by atoms with E-state index < -0.39 is 0 Å². The van der Waals surface area contributed by atoms with Crippen LogP contribution < -0.4 is 15.4 Å². The summed E-state index contributed by atoms with van der Waals surface area (Å²) < 4.78 is 6.04. The maximum absolute atomic E-state index is 12.6. The molecule has 2 aliphatic rings. The Morgan fingerprint density at radius 1 is 1.07 bits per heavy atom. The van der Waals surface area contributed by atoms with Crippen LogP contribution >= 0.6 is 11.3 Å². The number of carbonyl (C=O) groups is 1. The number of hydrogen-bond acceptors (Lipinski definition) is 6. The van der Waals surface area contributed by atoms with Crippen molar-refractivity contribution >= 4 is 22.4 Å². The maximum Gasteiger partial charge on any atom is 0.257 e. The third-order valence-electron chi connectivity index (χ3n) is 5.75. The summed E-state index contributed by atoms with van der Waals surface area (Å²) >= 11 is 1.35. The number of anilines is 1. The molecule has 0 bridgehead atoms. The van der Waals surface area contributed by atoms with Crippen LogP contribution in [-0.2, 0) is 32.4 Å². The Hall–Kier alpha value is -2.77. The molecule has 0 unspecified atom stereocenters. The Morgan fingerprint density at radius 3 is 2.97 bits per heavy atom. The Labute approximate surface area is 179 Å². The number of nitrogens with one attached hydrogen (secondary N) is 2. The second-order valence-electron chi connectivity index (χ2n) is 7.75. The molecule has 6 nitrogen and oxygen atoms in total. The molecule has 0 saturated heterocycles. The van der Waals surface area contributed by atoms with Gasteiger partial charge >= 0.3 is 0 Å². The molecule has 2 heterocycles. The van der Waals surface area contributed by atoms with Crippen molar-refractivity contribution < 1.29 is 9.53 Å². The fraction of sp³-hybridized carbons (Fsp3) is 0.348. The quantitative estimate of drug-likeness (QED) is 0.655. The third-order valence-corrected chi connectivity index (χ3v) is 6.56. The first-order chi connectivity index (χ1) is 14.8. The molecule has 30 heavy (non-hydrogen) atoms. The summed E-state index contributed by atoms with van der Waals surface area (Å²) in [7, 11) is 0. The van der Waals surface area contributed by atoms with Gasteiger partial charge in [-0.2, -0.15) is 0 Å². The number of fused-ring (bicyclic) bond motifs is 2. The Morgan fingerprint density at radius 2 is 2.00 bits per heavy atom. The first-order valence-corrected chi connectivity index (χ1v) is 11.3. The van der Waals surface area contributed by atoms with E-state index in [0.29, 0.717) is 17.3 Å². The van der Waals surface area contributed by atoms with Crippen LogP contribution in [0.2, 0.25) is 0 Å². The zero-order chi connectivity index (χ0) is 20.3. The highest BCUT2D eigenvalue weighted by atomic mass is 32.1. The fourth-order valence-electron chi connectivity index (χ4n) is 4.17. The number of carbonyl (C=O) groups excluding carboxylic acids is 1. The van der Waals surface area contributed by atoms with E-state index >= 15 is 0 Å². The molecule has 0 atom stereocenters. The molecule has 2 aromatic carbocycles. The highest BCUT2D eigenvalue weighted by Gasteiger charge is 2.16. The minimum absolute atomic E-state index is 0.155. The fourth-order valence-corrected chi connectivity index (χ4v) is 4.82. The van der Waals surface area contributed by atoms with E-state index in [1.165, 1.54) is 46.4 Å². The zero-order valence-electron chi connectivity index (χ0n) is 16.7. The number of amides is 1. The summed E-state index contributed by atoms with van der Waals surface area (Å²) in [5, 5.41) is 15.7. The minimum atomic E-state index is -0.155. The van der Waals surface area contributed by atoms with Crippen LogP contribution in [0.3, 0.4) is 0 Å². The van der Waals surface area contributed by atoms with Crippen molar-refractivity contribution in [1.82, 2.24) is 15.5 Å². The largest absolute Gasteiger partial charge is 0.486 e. The van der Waals surface area contributed by atoms with Crippen molar-refractivity contribution in [1.29, 1.82) is 0 Å². The van der Waals surface area contributed by atoms with E-state index in [2.05, 4.69) is 33.0 Å². The summed E-state index contributed by atoms with van der Waals surface area (Å²) in [6.45, 7) is 2.17. The van der Waals surface area contributed by atoms with Gasteiger partial charge in [-0.1, -0.05) is 29.5 Å². The summed E-state index contributed by atoms with van der Waals surface area (Å²) in [6, 6.07) is 12.1. The van der Waals surface area contributed by atoms with Crippen LogP contribution in [-0.4, -0.2) is 22.6 Å². The molecule has 0 radical (unpaired) electrons. The van der Waals surface area contributed by atoms with Crippen molar-refractivity contribution in [2.24, 2.45) is 0 Å². The molecule has 1 aliphatic carbocycles. The van der Waals surface area contributed by atoms with Crippen LogP contribution in [0.4, 0.5) is 5.13 Å². The average Bonchev–Trinajstić information content (AvgIpc) is 3.24. The summed E-state index contributed by atoms with van der Waals surface area (Å²) in [6.07, 6.45) is 5.60. The van der Waals surface area contributed by atoms with Crippen molar-refractivity contribution in [2.45, 2.75) is 45.3 Å². The molecule has 0 fully saturated rings. The first kappa shape index (κ1) is 19.2. The lowest BCUT2D eigenvalue weighted by molar-refractivity contribution is 0.102. The van der Waals surface area contributed by atoms with Gasteiger partial charge in [0.05, 0.1) is 0 Å². The Balaban J connectivity index is 1.22. The van der Waals surface area contributed by atoms with Gasteiger partial charge in [0.2, 0.25) is 5.13 Å². The number of nitrogens with zero attached hydrogens (tertiary/aromatic N) is 2. The van der Waals surface area contributed by atoms with E-state index in [9.17, 15) is 4.79 Å². The predicted octanol–water partition coefficient (Wildman–Crippen LogP) is 3.89. The third kappa shape index (κ3) is 4.08. The highest BCUT2D eigenvalue weighted by molar-refractivity contribution is 7.15. The molecule has 0 spiro atoms. The minimum Gasteiger partial charge on any atom is -0.486 e. The highest BCUT2D eigenvalue weighted by Crippen LogP contribution is 2.30. The maximum atomic E-state index is 12.6. The van der Waals surface area contributed by atoms with E-state index in [4.69, 9.17) is 4.74 Å². The van der Waals surface area contributed by atoms with Gasteiger partial charge in [0.15, 0.2) is 5.01 Å².